The molecule has 0 aromatic heterocycles. The fourth-order valence-corrected chi connectivity index (χ4v) is 8.13. The molecule has 1 nitrogen and oxygen atoms in total. The highest BCUT2D eigenvalue weighted by atomic mass is 79.9. The minimum Gasteiger partial charge on any atom is -1.00 e. The van der Waals surface area contributed by atoms with Crippen molar-refractivity contribution in [1.29, 1.82) is 0 Å². The predicted molar refractivity (Wildman–Crippen MR) is 131 cm³/mol. The molecule has 0 saturated heterocycles. The van der Waals surface area contributed by atoms with Crippen molar-refractivity contribution < 1.29 is 21.7 Å². The number of hydrogen-bond acceptors (Lipinski definition) is 1. The quantitative estimate of drug-likeness (QED) is 0.273. The summed E-state index contributed by atoms with van der Waals surface area (Å²) in [4.78, 5) is 0. The molecule has 0 spiro atoms. The predicted octanol–water partition coefficient (Wildman–Crippen LogP) is 2.75. The van der Waals surface area contributed by atoms with Crippen LogP contribution in [-0.4, -0.2) is 6.61 Å². The van der Waals surface area contributed by atoms with Crippen LogP contribution in [0.3, 0.4) is 0 Å². The maximum absolute atomic E-state index is 5.69. The van der Waals surface area contributed by atoms with E-state index in [2.05, 4.69) is 122 Å². The Balaban J connectivity index is 0.00000272. The first-order valence-electron chi connectivity index (χ1n) is 10.2. The Morgan fingerprint density at radius 3 is 1.42 bits per heavy atom. The lowest BCUT2D eigenvalue weighted by Crippen LogP contribution is -3.00. The molecule has 4 rings (SSSR count). The van der Waals surface area contributed by atoms with Gasteiger partial charge in [0.05, 0.1) is 6.16 Å². The summed E-state index contributed by atoms with van der Waals surface area (Å²) in [6.07, 6.45) is 2.73. The molecule has 0 heterocycles. The zero-order valence-corrected chi connectivity index (χ0v) is 19.9. The van der Waals surface area contributed by atoms with Crippen molar-refractivity contribution in [2.75, 3.05) is 6.61 Å². The molecule has 0 unspecified atom stereocenters. The average Bonchev–Trinajstić information content (AvgIpc) is 2.84. The SMILES string of the molecule is C=CCOc1ccc(C[P+](c2ccccc2)(c2ccccc2)c2ccccc2)cc1.[Br-]. The van der Waals surface area contributed by atoms with Crippen LogP contribution in [-0.2, 0) is 6.16 Å². The van der Waals surface area contributed by atoms with E-state index < -0.39 is 7.26 Å². The number of benzene rings is 4. The lowest BCUT2D eigenvalue weighted by molar-refractivity contribution is -0.00000625. The van der Waals surface area contributed by atoms with Crippen LogP contribution in [0.2, 0.25) is 0 Å². The third-order valence-electron chi connectivity index (χ3n) is 5.30. The molecular formula is C28H26BrOP. The van der Waals surface area contributed by atoms with Gasteiger partial charge in [0.25, 0.3) is 0 Å². The van der Waals surface area contributed by atoms with Gasteiger partial charge in [-0.15, -0.1) is 0 Å². The molecule has 0 fully saturated rings. The molecule has 0 radical (unpaired) electrons. The fourth-order valence-electron chi connectivity index (χ4n) is 3.89. The molecule has 0 bridgehead atoms. The fraction of sp³-hybridized carbons (Fsp3) is 0.0714. The zero-order chi connectivity index (χ0) is 20.7. The standard InChI is InChI=1S/C28H26OP.BrH/c1-2-22-29-25-20-18-24(19-21-25)23-30(26-12-6-3-7-13-26,27-14-8-4-9-15-27)28-16-10-5-11-17-28;/h2-21H,1,22-23H2;1H/q+1;/p-1. The molecule has 4 aromatic carbocycles. The lowest BCUT2D eigenvalue weighted by Gasteiger charge is -2.28. The summed E-state index contributed by atoms with van der Waals surface area (Å²) in [5.41, 5.74) is 1.31. The van der Waals surface area contributed by atoms with Gasteiger partial charge in [0.1, 0.15) is 35.5 Å². The van der Waals surface area contributed by atoms with Gasteiger partial charge in [-0.25, -0.2) is 0 Å². The van der Waals surface area contributed by atoms with Crippen molar-refractivity contribution >= 4 is 23.2 Å². The maximum atomic E-state index is 5.69. The van der Waals surface area contributed by atoms with Gasteiger partial charge in [-0.1, -0.05) is 79.4 Å². The minimum atomic E-state index is -1.87. The molecule has 0 aliphatic heterocycles. The van der Waals surface area contributed by atoms with Crippen molar-refractivity contribution in [3.8, 4) is 5.75 Å². The van der Waals surface area contributed by atoms with E-state index in [1.54, 1.807) is 6.08 Å². The summed E-state index contributed by atoms with van der Waals surface area (Å²) >= 11 is 0. The number of halogens is 1. The highest BCUT2D eigenvalue weighted by Gasteiger charge is 2.45. The van der Waals surface area contributed by atoms with Gasteiger partial charge in [0.15, 0.2) is 0 Å². The van der Waals surface area contributed by atoms with E-state index in [0.717, 1.165) is 11.9 Å². The number of hydrogen-bond donors (Lipinski definition) is 0. The summed E-state index contributed by atoms with van der Waals surface area (Å²) < 4.78 is 5.69. The van der Waals surface area contributed by atoms with Crippen molar-refractivity contribution in [2.45, 2.75) is 6.16 Å². The monoisotopic (exact) mass is 488 g/mol. The van der Waals surface area contributed by atoms with Crippen molar-refractivity contribution in [1.82, 2.24) is 0 Å². The van der Waals surface area contributed by atoms with Crippen LogP contribution in [0.4, 0.5) is 0 Å². The Labute approximate surface area is 196 Å². The largest absolute Gasteiger partial charge is 1.00 e. The molecule has 156 valence electrons. The highest BCUT2D eigenvalue weighted by Crippen LogP contribution is 2.58. The van der Waals surface area contributed by atoms with E-state index in [4.69, 9.17) is 4.74 Å². The molecule has 3 heteroatoms. The van der Waals surface area contributed by atoms with Crippen LogP contribution >= 0.6 is 7.26 Å². The first-order chi connectivity index (χ1) is 14.8. The Hall–Kier alpha value is -2.67. The van der Waals surface area contributed by atoms with Crippen LogP contribution in [0.25, 0.3) is 0 Å². The number of rotatable bonds is 8. The van der Waals surface area contributed by atoms with Gasteiger partial charge in [0, 0.05) is 0 Å². The van der Waals surface area contributed by atoms with E-state index in [-0.39, 0.29) is 17.0 Å². The summed E-state index contributed by atoms with van der Waals surface area (Å²) in [6.45, 7) is 4.24. The second-order valence-corrected chi connectivity index (χ2v) is 10.7. The van der Waals surface area contributed by atoms with Crippen LogP contribution < -0.4 is 37.6 Å². The normalized spacial score (nSPS) is 10.7. The third-order valence-corrected chi connectivity index (χ3v) is 9.68. The molecule has 0 aliphatic carbocycles. The first-order valence-corrected chi connectivity index (χ1v) is 12.2. The topological polar surface area (TPSA) is 9.23 Å². The average molecular weight is 489 g/mol. The van der Waals surface area contributed by atoms with E-state index in [1.165, 1.54) is 21.5 Å². The molecule has 0 N–H and O–H groups in total. The van der Waals surface area contributed by atoms with Crippen LogP contribution in [0.15, 0.2) is 128 Å². The van der Waals surface area contributed by atoms with Crippen LogP contribution in [0.1, 0.15) is 5.56 Å². The van der Waals surface area contributed by atoms with Gasteiger partial charge in [-0.05, 0) is 54.1 Å². The molecule has 0 saturated carbocycles. The van der Waals surface area contributed by atoms with Crippen LogP contribution in [0, 0.1) is 0 Å². The molecule has 4 aromatic rings. The van der Waals surface area contributed by atoms with Crippen molar-refractivity contribution in [2.24, 2.45) is 0 Å². The Morgan fingerprint density at radius 2 is 1.03 bits per heavy atom. The Bertz CT molecular complexity index is 968. The third kappa shape index (κ3) is 5.15. The molecule has 31 heavy (non-hydrogen) atoms. The van der Waals surface area contributed by atoms with Crippen molar-refractivity contribution in [3.05, 3.63) is 133 Å². The summed E-state index contributed by atoms with van der Waals surface area (Å²) in [5.74, 6) is 0.877. The summed E-state index contributed by atoms with van der Waals surface area (Å²) in [7, 11) is -1.87. The molecule has 0 amide bonds. The Kier molecular flexibility index (Phi) is 8.23. The summed E-state index contributed by atoms with van der Waals surface area (Å²) in [5, 5.41) is 4.19. The van der Waals surface area contributed by atoms with E-state index in [1.807, 2.05) is 0 Å². The molecule has 0 aliphatic rings. The Morgan fingerprint density at radius 1 is 0.613 bits per heavy atom. The van der Waals surface area contributed by atoms with E-state index in [0.29, 0.717) is 6.61 Å². The second kappa shape index (κ2) is 11.1. The van der Waals surface area contributed by atoms with Gasteiger partial charge in [-0.2, -0.15) is 0 Å². The summed E-state index contributed by atoms with van der Waals surface area (Å²) in [6, 6.07) is 41.5. The van der Waals surface area contributed by atoms with Gasteiger partial charge in [0.2, 0.25) is 0 Å². The zero-order valence-electron chi connectivity index (χ0n) is 17.4. The molecule has 0 atom stereocenters. The van der Waals surface area contributed by atoms with Gasteiger partial charge >= 0.3 is 0 Å². The van der Waals surface area contributed by atoms with Gasteiger partial charge in [-0.3, -0.25) is 0 Å². The highest BCUT2D eigenvalue weighted by molar-refractivity contribution is 7.95. The smallest absolute Gasteiger partial charge is 0.119 e. The maximum Gasteiger partial charge on any atom is 0.119 e. The van der Waals surface area contributed by atoms with Gasteiger partial charge < -0.3 is 21.7 Å². The number of ether oxygens (including phenoxy) is 1. The van der Waals surface area contributed by atoms with E-state index in [9.17, 15) is 0 Å². The van der Waals surface area contributed by atoms with Crippen LogP contribution in [0.5, 0.6) is 5.75 Å². The molecular weight excluding hydrogens is 463 g/mol. The first kappa shape index (κ1) is 23.0. The van der Waals surface area contributed by atoms with Crippen molar-refractivity contribution in [3.63, 3.8) is 0 Å². The minimum absolute atomic E-state index is 0. The second-order valence-electron chi connectivity index (χ2n) is 7.22. The lowest BCUT2D eigenvalue weighted by atomic mass is 10.2. The van der Waals surface area contributed by atoms with E-state index >= 15 is 0 Å².